The molecular formula is C7H11N5O. The van der Waals surface area contributed by atoms with Gasteiger partial charge in [-0.1, -0.05) is 0 Å². The van der Waals surface area contributed by atoms with Crippen molar-refractivity contribution in [3.63, 3.8) is 0 Å². The largest absolute Gasteiger partial charge is 0.377 e. The van der Waals surface area contributed by atoms with Gasteiger partial charge in [0, 0.05) is 13.1 Å². The van der Waals surface area contributed by atoms with Crippen LogP contribution in [0.2, 0.25) is 0 Å². The molecule has 1 aromatic rings. The SMILES string of the molecule is Nc1nc2c(c(=O)[nH]1)NCCCN2. The summed E-state index contributed by atoms with van der Waals surface area (Å²) in [7, 11) is 0. The molecule has 6 nitrogen and oxygen atoms in total. The van der Waals surface area contributed by atoms with Crippen LogP contribution in [0.1, 0.15) is 6.42 Å². The van der Waals surface area contributed by atoms with Crippen LogP contribution in [0.15, 0.2) is 4.79 Å². The summed E-state index contributed by atoms with van der Waals surface area (Å²) in [6.45, 7) is 1.57. The van der Waals surface area contributed by atoms with Gasteiger partial charge >= 0.3 is 0 Å². The highest BCUT2D eigenvalue weighted by atomic mass is 16.1. The Bertz CT molecular complexity index is 372. The minimum atomic E-state index is -0.225. The van der Waals surface area contributed by atoms with Crippen molar-refractivity contribution in [2.45, 2.75) is 6.42 Å². The highest BCUT2D eigenvalue weighted by Gasteiger charge is 2.11. The summed E-state index contributed by atoms with van der Waals surface area (Å²) in [4.78, 5) is 17.8. The van der Waals surface area contributed by atoms with Gasteiger partial charge in [-0.05, 0) is 6.42 Å². The van der Waals surface area contributed by atoms with Crippen molar-refractivity contribution in [3.8, 4) is 0 Å². The number of H-pyrrole nitrogens is 1. The van der Waals surface area contributed by atoms with Crippen LogP contribution < -0.4 is 21.9 Å². The van der Waals surface area contributed by atoms with E-state index in [1.165, 1.54) is 0 Å². The third-order valence-electron chi connectivity index (χ3n) is 1.89. The van der Waals surface area contributed by atoms with Gasteiger partial charge in [0.2, 0.25) is 5.95 Å². The number of hydrogen-bond donors (Lipinski definition) is 4. The number of aromatic nitrogens is 2. The van der Waals surface area contributed by atoms with E-state index in [0.717, 1.165) is 19.5 Å². The van der Waals surface area contributed by atoms with Crippen LogP contribution >= 0.6 is 0 Å². The van der Waals surface area contributed by atoms with E-state index < -0.39 is 0 Å². The molecule has 0 aromatic carbocycles. The first kappa shape index (κ1) is 7.90. The fraction of sp³-hybridized carbons (Fsp3) is 0.429. The van der Waals surface area contributed by atoms with Crippen LogP contribution in [0.3, 0.4) is 0 Å². The van der Waals surface area contributed by atoms with Crippen molar-refractivity contribution in [2.75, 3.05) is 29.5 Å². The second-order valence-corrected chi connectivity index (χ2v) is 2.88. The monoisotopic (exact) mass is 181 g/mol. The van der Waals surface area contributed by atoms with E-state index in [1.807, 2.05) is 0 Å². The number of anilines is 3. The van der Waals surface area contributed by atoms with Gasteiger partial charge in [0.05, 0.1) is 0 Å². The molecule has 0 atom stereocenters. The van der Waals surface area contributed by atoms with E-state index in [9.17, 15) is 4.79 Å². The molecule has 2 rings (SSSR count). The van der Waals surface area contributed by atoms with Crippen LogP contribution in [0, 0.1) is 0 Å². The van der Waals surface area contributed by atoms with Crippen molar-refractivity contribution >= 4 is 17.5 Å². The summed E-state index contributed by atoms with van der Waals surface area (Å²) in [5.41, 5.74) is 5.65. The Morgan fingerprint density at radius 3 is 2.92 bits per heavy atom. The average Bonchev–Trinajstić information content (AvgIpc) is 2.28. The average molecular weight is 181 g/mol. The van der Waals surface area contributed by atoms with Gasteiger partial charge in [-0.3, -0.25) is 9.78 Å². The summed E-state index contributed by atoms with van der Waals surface area (Å²) in [6, 6.07) is 0. The first-order chi connectivity index (χ1) is 6.27. The maximum Gasteiger partial charge on any atom is 0.277 e. The molecule has 0 spiro atoms. The van der Waals surface area contributed by atoms with Crippen molar-refractivity contribution in [3.05, 3.63) is 10.4 Å². The minimum absolute atomic E-state index is 0.139. The molecule has 1 aliphatic rings. The highest BCUT2D eigenvalue weighted by molar-refractivity contribution is 5.64. The maximum absolute atomic E-state index is 11.4. The number of nitrogens with one attached hydrogen (secondary N) is 3. The summed E-state index contributed by atoms with van der Waals surface area (Å²) in [6.07, 6.45) is 0.954. The predicted octanol–water partition coefficient (Wildman–Crippen LogP) is -0.420. The van der Waals surface area contributed by atoms with Gasteiger partial charge in [-0.15, -0.1) is 0 Å². The molecule has 0 aliphatic carbocycles. The van der Waals surface area contributed by atoms with Crippen molar-refractivity contribution in [2.24, 2.45) is 0 Å². The first-order valence-electron chi connectivity index (χ1n) is 4.15. The fourth-order valence-corrected chi connectivity index (χ4v) is 1.29. The van der Waals surface area contributed by atoms with E-state index in [-0.39, 0.29) is 11.5 Å². The van der Waals surface area contributed by atoms with Crippen LogP contribution in [0.25, 0.3) is 0 Å². The summed E-state index contributed by atoms with van der Waals surface area (Å²) in [5.74, 6) is 0.679. The number of aromatic amines is 1. The molecule has 70 valence electrons. The molecule has 1 aromatic heterocycles. The van der Waals surface area contributed by atoms with E-state index in [0.29, 0.717) is 11.5 Å². The second-order valence-electron chi connectivity index (χ2n) is 2.88. The van der Waals surface area contributed by atoms with Gasteiger partial charge < -0.3 is 16.4 Å². The van der Waals surface area contributed by atoms with Gasteiger partial charge in [-0.2, -0.15) is 4.98 Å². The first-order valence-corrected chi connectivity index (χ1v) is 4.15. The quantitative estimate of drug-likeness (QED) is 0.436. The van der Waals surface area contributed by atoms with Crippen LogP contribution in [0.4, 0.5) is 17.5 Å². The third kappa shape index (κ3) is 1.42. The molecule has 0 amide bonds. The third-order valence-corrected chi connectivity index (χ3v) is 1.89. The Kier molecular flexibility index (Phi) is 1.80. The summed E-state index contributed by atoms with van der Waals surface area (Å²) < 4.78 is 0. The molecule has 1 aliphatic heterocycles. The topological polar surface area (TPSA) is 95.8 Å². The van der Waals surface area contributed by atoms with Crippen LogP contribution in [-0.2, 0) is 0 Å². The van der Waals surface area contributed by atoms with E-state index in [1.54, 1.807) is 0 Å². The Morgan fingerprint density at radius 2 is 2.08 bits per heavy atom. The Labute approximate surface area is 74.6 Å². The van der Waals surface area contributed by atoms with E-state index in [2.05, 4.69) is 20.6 Å². The Morgan fingerprint density at radius 1 is 1.31 bits per heavy atom. The number of nitrogens with two attached hydrogens (primary N) is 1. The van der Waals surface area contributed by atoms with Crippen molar-refractivity contribution in [1.29, 1.82) is 0 Å². The molecule has 0 saturated carbocycles. The maximum atomic E-state index is 11.4. The Balaban J connectivity index is 2.53. The number of rotatable bonds is 0. The molecule has 0 bridgehead atoms. The van der Waals surface area contributed by atoms with Gasteiger partial charge in [0.25, 0.3) is 5.56 Å². The molecule has 0 unspecified atom stereocenters. The summed E-state index contributed by atoms with van der Waals surface area (Å²) in [5, 5.41) is 6.03. The molecule has 2 heterocycles. The predicted molar refractivity (Wildman–Crippen MR) is 50.9 cm³/mol. The molecule has 0 saturated heterocycles. The summed E-state index contributed by atoms with van der Waals surface area (Å²) >= 11 is 0. The zero-order chi connectivity index (χ0) is 9.26. The number of nitrogens with zero attached hydrogens (tertiary/aromatic N) is 1. The second kappa shape index (κ2) is 2.96. The van der Waals surface area contributed by atoms with Crippen LogP contribution in [0.5, 0.6) is 0 Å². The van der Waals surface area contributed by atoms with E-state index in [4.69, 9.17) is 5.73 Å². The fourth-order valence-electron chi connectivity index (χ4n) is 1.29. The lowest BCUT2D eigenvalue weighted by atomic mass is 10.4. The molecule has 0 radical (unpaired) electrons. The highest BCUT2D eigenvalue weighted by Crippen LogP contribution is 2.16. The molecule has 5 N–H and O–H groups in total. The lowest BCUT2D eigenvalue weighted by molar-refractivity contribution is 0.926. The number of hydrogen-bond acceptors (Lipinski definition) is 5. The van der Waals surface area contributed by atoms with Crippen molar-refractivity contribution in [1.82, 2.24) is 9.97 Å². The van der Waals surface area contributed by atoms with Gasteiger partial charge in [-0.25, -0.2) is 0 Å². The molecule has 0 fully saturated rings. The molecule has 6 heteroatoms. The Hall–Kier alpha value is -1.72. The van der Waals surface area contributed by atoms with Gasteiger partial charge in [0.1, 0.15) is 5.69 Å². The zero-order valence-electron chi connectivity index (χ0n) is 7.05. The lowest BCUT2D eigenvalue weighted by Gasteiger charge is -2.05. The number of nitrogen functional groups attached to an aromatic ring is 1. The number of fused-ring (bicyclic) bond motifs is 1. The minimum Gasteiger partial charge on any atom is -0.377 e. The normalized spacial score (nSPS) is 15.1. The van der Waals surface area contributed by atoms with E-state index >= 15 is 0 Å². The van der Waals surface area contributed by atoms with Crippen molar-refractivity contribution < 1.29 is 0 Å². The molecule has 13 heavy (non-hydrogen) atoms. The lowest BCUT2D eigenvalue weighted by Crippen LogP contribution is -2.17. The zero-order valence-corrected chi connectivity index (χ0v) is 7.05. The molecular weight excluding hydrogens is 170 g/mol. The van der Waals surface area contributed by atoms with Crippen LogP contribution in [-0.4, -0.2) is 23.1 Å². The standard InChI is InChI=1S/C7H11N5O/c8-7-11-5-4(6(13)12-7)9-2-1-3-10-5/h9H,1-3H2,(H4,8,10,11,12,13). The van der Waals surface area contributed by atoms with Gasteiger partial charge in [0.15, 0.2) is 5.82 Å². The smallest absolute Gasteiger partial charge is 0.277 e.